The van der Waals surface area contributed by atoms with Crippen molar-refractivity contribution in [2.75, 3.05) is 5.32 Å². The molecule has 0 radical (unpaired) electrons. The Morgan fingerprint density at radius 3 is 2.25 bits per heavy atom. The molecule has 4 heteroatoms. The lowest BCUT2D eigenvalue weighted by molar-refractivity contribution is 0.561. The molecule has 3 rings (SSSR count). The maximum atomic E-state index is 11.7. The maximum absolute atomic E-state index is 11.7. The lowest BCUT2D eigenvalue weighted by atomic mass is 10.2. The van der Waals surface area contributed by atoms with E-state index in [-0.39, 0.29) is 11.6 Å². The average molecular weight is 264 g/mol. The van der Waals surface area contributed by atoms with Crippen molar-refractivity contribution in [3.05, 3.63) is 77.1 Å². The number of para-hydroxylation sites is 1. The fourth-order valence-electron chi connectivity index (χ4n) is 1.84. The monoisotopic (exact) mass is 264 g/mol. The number of anilines is 2. The third-order valence-corrected chi connectivity index (χ3v) is 2.76. The van der Waals surface area contributed by atoms with E-state index in [1.807, 2.05) is 60.7 Å². The second kappa shape index (κ2) is 5.40. The smallest absolute Gasteiger partial charge is 0.303 e. The first kappa shape index (κ1) is 12.2. The van der Waals surface area contributed by atoms with E-state index in [4.69, 9.17) is 4.42 Å². The Balaban J connectivity index is 1.97. The van der Waals surface area contributed by atoms with Gasteiger partial charge in [-0.1, -0.05) is 48.5 Å². The summed E-state index contributed by atoms with van der Waals surface area (Å²) in [7, 11) is 0. The molecule has 3 aromatic rings. The van der Waals surface area contributed by atoms with Gasteiger partial charge in [-0.15, -0.1) is 0 Å². The van der Waals surface area contributed by atoms with Crippen molar-refractivity contribution in [2.45, 2.75) is 0 Å². The lowest BCUT2D eigenvalue weighted by Crippen LogP contribution is -2.07. The zero-order valence-corrected chi connectivity index (χ0v) is 10.6. The Morgan fingerprint density at radius 2 is 1.55 bits per heavy atom. The predicted octanol–water partition coefficient (Wildman–Crippen LogP) is 3.45. The van der Waals surface area contributed by atoms with Crippen molar-refractivity contribution in [1.82, 2.24) is 4.98 Å². The predicted molar refractivity (Wildman–Crippen MR) is 77.9 cm³/mol. The first-order valence-electron chi connectivity index (χ1n) is 6.21. The third kappa shape index (κ3) is 2.75. The average Bonchev–Trinajstić information content (AvgIpc) is 2.49. The zero-order valence-electron chi connectivity index (χ0n) is 10.6. The summed E-state index contributed by atoms with van der Waals surface area (Å²) < 4.78 is 5.63. The Kier molecular flexibility index (Phi) is 3.29. The molecule has 1 N–H and O–H groups in total. The summed E-state index contributed by atoms with van der Waals surface area (Å²) >= 11 is 0. The van der Waals surface area contributed by atoms with Gasteiger partial charge in [0.15, 0.2) is 0 Å². The van der Waals surface area contributed by atoms with Crippen molar-refractivity contribution in [2.24, 2.45) is 0 Å². The number of hydrogen-bond acceptors (Lipinski definition) is 4. The van der Waals surface area contributed by atoms with Crippen molar-refractivity contribution >= 4 is 11.7 Å². The SMILES string of the molecule is O=c1cc(-c2ccccc2)oc(Nc2ccccc2)n1. The standard InChI is InChI=1S/C16H12N2O2/c19-15-11-14(12-7-3-1-4-8-12)20-16(18-15)17-13-9-5-2-6-10-13/h1-11H,(H,17,18,19). The van der Waals surface area contributed by atoms with Gasteiger partial charge in [-0.25, -0.2) is 0 Å². The molecule has 0 atom stereocenters. The van der Waals surface area contributed by atoms with Gasteiger partial charge >= 0.3 is 6.01 Å². The second-order valence-corrected chi connectivity index (χ2v) is 4.22. The van der Waals surface area contributed by atoms with Crippen LogP contribution in [-0.2, 0) is 0 Å². The van der Waals surface area contributed by atoms with Crippen LogP contribution in [0.15, 0.2) is 75.9 Å². The van der Waals surface area contributed by atoms with Gasteiger partial charge in [-0.3, -0.25) is 4.79 Å². The summed E-state index contributed by atoms with van der Waals surface area (Å²) in [6, 6.07) is 20.4. The zero-order chi connectivity index (χ0) is 13.8. The van der Waals surface area contributed by atoms with Crippen LogP contribution in [0.3, 0.4) is 0 Å². The molecule has 0 aliphatic rings. The van der Waals surface area contributed by atoms with Gasteiger partial charge in [0.1, 0.15) is 5.76 Å². The van der Waals surface area contributed by atoms with Gasteiger partial charge in [-0.05, 0) is 12.1 Å². The Labute approximate surface area is 115 Å². The van der Waals surface area contributed by atoms with Gasteiger partial charge < -0.3 is 9.73 Å². The molecule has 4 nitrogen and oxygen atoms in total. The van der Waals surface area contributed by atoms with E-state index in [0.717, 1.165) is 11.3 Å². The number of benzene rings is 2. The molecule has 0 aliphatic heterocycles. The van der Waals surface area contributed by atoms with Gasteiger partial charge in [0, 0.05) is 17.3 Å². The second-order valence-electron chi connectivity index (χ2n) is 4.22. The normalized spacial score (nSPS) is 10.2. The molecule has 2 aromatic carbocycles. The summed E-state index contributed by atoms with van der Waals surface area (Å²) in [5, 5.41) is 2.98. The summed E-state index contributed by atoms with van der Waals surface area (Å²) in [6.45, 7) is 0. The van der Waals surface area contributed by atoms with Crippen molar-refractivity contribution in [3.8, 4) is 11.3 Å². The van der Waals surface area contributed by atoms with E-state index < -0.39 is 0 Å². The molecular formula is C16H12N2O2. The fraction of sp³-hybridized carbons (Fsp3) is 0. The van der Waals surface area contributed by atoms with Gasteiger partial charge in [0.25, 0.3) is 5.56 Å². The third-order valence-electron chi connectivity index (χ3n) is 2.76. The highest BCUT2D eigenvalue weighted by atomic mass is 16.4. The van der Waals surface area contributed by atoms with Crippen LogP contribution in [0.4, 0.5) is 11.7 Å². The molecule has 0 amide bonds. The molecule has 0 aliphatic carbocycles. The first-order valence-corrected chi connectivity index (χ1v) is 6.21. The summed E-state index contributed by atoms with van der Waals surface area (Å²) in [4.78, 5) is 15.5. The van der Waals surface area contributed by atoms with Crippen LogP contribution in [0, 0.1) is 0 Å². The number of nitrogens with one attached hydrogen (secondary N) is 1. The summed E-state index contributed by atoms with van der Waals surface area (Å²) in [5.41, 5.74) is 1.31. The van der Waals surface area contributed by atoms with Gasteiger partial charge in [-0.2, -0.15) is 4.98 Å². The van der Waals surface area contributed by atoms with E-state index in [1.165, 1.54) is 6.07 Å². The van der Waals surface area contributed by atoms with Gasteiger partial charge in [0.05, 0.1) is 0 Å². The maximum Gasteiger partial charge on any atom is 0.303 e. The van der Waals surface area contributed by atoms with Crippen LogP contribution in [0.2, 0.25) is 0 Å². The summed E-state index contributed by atoms with van der Waals surface area (Å²) in [5.74, 6) is 0.490. The van der Waals surface area contributed by atoms with E-state index in [2.05, 4.69) is 10.3 Å². The number of aromatic nitrogens is 1. The van der Waals surface area contributed by atoms with Crippen LogP contribution >= 0.6 is 0 Å². The highest BCUT2D eigenvalue weighted by Crippen LogP contribution is 2.21. The molecule has 98 valence electrons. The lowest BCUT2D eigenvalue weighted by Gasteiger charge is -2.05. The Hall–Kier alpha value is -2.88. The van der Waals surface area contributed by atoms with E-state index in [0.29, 0.717) is 5.76 Å². The minimum absolute atomic E-state index is 0.183. The van der Waals surface area contributed by atoms with Crippen LogP contribution in [0.25, 0.3) is 11.3 Å². The topological polar surface area (TPSA) is 55.1 Å². The van der Waals surface area contributed by atoms with Crippen molar-refractivity contribution in [1.29, 1.82) is 0 Å². The Morgan fingerprint density at radius 1 is 0.900 bits per heavy atom. The van der Waals surface area contributed by atoms with Crippen LogP contribution in [0.5, 0.6) is 0 Å². The number of nitrogens with zero attached hydrogens (tertiary/aromatic N) is 1. The van der Waals surface area contributed by atoms with Crippen molar-refractivity contribution < 1.29 is 4.42 Å². The summed E-state index contributed by atoms with van der Waals surface area (Å²) in [6.07, 6.45) is 0. The molecule has 0 unspecified atom stereocenters. The van der Waals surface area contributed by atoms with E-state index in [1.54, 1.807) is 0 Å². The molecule has 0 saturated heterocycles. The Bertz CT molecular complexity index is 752. The first-order chi connectivity index (χ1) is 9.81. The molecule has 20 heavy (non-hydrogen) atoms. The molecular weight excluding hydrogens is 252 g/mol. The molecule has 0 spiro atoms. The molecule has 1 aromatic heterocycles. The van der Waals surface area contributed by atoms with Gasteiger partial charge in [0.2, 0.25) is 0 Å². The fourth-order valence-corrected chi connectivity index (χ4v) is 1.84. The highest BCUT2D eigenvalue weighted by molar-refractivity contribution is 5.58. The largest absolute Gasteiger partial charge is 0.425 e. The van der Waals surface area contributed by atoms with E-state index in [9.17, 15) is 4.79 Å². The van der Waals surface area contributed by atoms with E-state index >= 15 is 0 Å². The molecule has 0 bridgehead atoms. The van der Waals surface area contributed by atoms with Crippen LogP contribution in [0.1, 0.15) is 0 Å². The molecule has 0 fully saturated rings. The number of rotatable bonds is 3. The molecule has 1 heterocycles. The quantitative estimate of drug-likeness (QED) is 0.787. The van der Waals surface area contributed by atoms with Crippen LogP contribution < -0.4 is 10.9 Å². The van der Waals surface area contributed by atoms with Crippen molar-refractivity contribution in [3.63, 3.8) is 0 Å². The highest BCUT2D eigenvalue weighted by Gasteiger charge is 2.06. The van der Waals surface area contributed by atoms with Crippen LogP contribution in [-0.4, -0.2) is 4.98 Å². The molecule has 0 saturated carbocycles. The minimum atomic E-state index is -0.339. The minimum Gasteiger partial charge on any atom is -0.425 e. The number of hydrogen-bond donors (Lipinski definition) is 1.